The molecule has 0 aliphatic heterocycles. The van der Waals surface area contributed by atoms with Gasteiger partial charge in [-0.3, -0.25) is 9.59 Å². The zero-order valence-corrected chi connectivity index (χ0v) is 19.1. The number of carbonyl (C=O) groups excluding carboxylic acids is 3. The molecule has 0 atom stereocenters. The summed E-state index contributed by atoms with van der Waals surface area (Å²) in [5, 5.41) is 5.80. The summed E-state index contributed by atoms with van der Waals surface area (Å²) in [6.45, 7) is 1.57. The number of thiophene rings is 1. The number of nitrogens with zero attached hydrogens (tertiary/aromatic N) is 1. The first-order valence-corrected chi connectivity index (χ1v) is 12.0. The van der Waals surface area contributed by atoms with Gasteiger partial charge >= 0.3 is 11.9 Å². The van der Waals surface area contributed by atoms with Gasteiger partial charge in [-0.1, -0.05) is 30.3 Å². The van der Waals surface area contributed by atoms with Crippen molar-refractivity contribution in [3.8, 4) is 10.6 Å². The molecule has 0 saturated carbocycles. The predicted molar refractivity (Wildman–Crippen MR) is 123 cm³/mol. The third-order valence-corrected chi connectivity index (χ3v) is 7.06. The number of hydrogen-bond acceptors (Lipinski definition) is 8. The second-order valence-corrected chi connectivity index (χ2v) is 9.14. The van der Waals surface area contributed by atoms with E-state index < -0.39 is 24.5 Å². The van der Waals surface area contributed by atoms with Gasteiger partial charge in [-0.15, -0.1) is 22.7 Å². The van der Waals surface area contributed by atoms with Crippen molar-refractivity contribution >= 4 is 45.5 Å². The first-order valence-electron chi connectivity index (χ1n) is 10.3. The summed E-state index contributed by atoms with van der Waals surface area (Å²) in [6.07, 6.45) is 2.65. The van der Waals surface area contributed by atoms with Crippen LogP contribution >= 0.6 is 22.7 Å². The number of nitrogens with one attached hydrogen (secondary N) is 1. The summed E-state index contributed by atoms with van der Waals surface area (Å²) in [5.74, 6) is -1.46. The Labute approximate surface area is 193 Å². The van der Waals surface area contributed by atoms with Gasteiger partial charge in [0.25, 0.3) is 5.91 Å². The van der Waals surface area contributed by atoms with Crippen LogP contribution in [0.4, 0.5) is 5.00 Å². The molecule has 7 nitrogen and oxygen atoms in total. The first-order chi connectivity index (χ1) is 15.5. The van der Waals surface area contributed by atoms with Gasteiger partial charge in [0.15, 0.2) is 6.61 Å². The van der Waals surface area contributed by atoms with Crippen LogP contribution in [-0.2, 0) is 38.3 Å². The standard InChI is InChI=1S/C23H22N2O5S2/c1-2-29-23(28)20-16-9-6-10-17(16)32-22(20)25-18(26)12-30-19(27)11-15-13-31-21(24-15)14-7-4-3-5-8-14/h3-5,7-8,13H,2,6,9-12H2,1H3,(H,25,26). The van der Waals surface area contributed by atoms with E-state index in [-0.39, 0.29) is 13.0 Å². The third kappa shape index (κ3) is 5.05. The molecule has 166 valence electrons. The molecule has 0 saturated heterocycles. The van der Waals surface area contributed by atoms with Crippen molar-refractivity contribution in [2.75, 3.05) is 18.5 Å². The molecule has 32 heavy (non-hydrogen) atoms. The lowest BCUT2D eigenvalue weighted by molar-refractivity contribution is -0.146. The Kier molecular flexibility index (Phi) is 6.96. The molecule has 4 rings (SSSR count). The zero-order valence-electron chi connectivity index (χ0n) is 17.5. The summed E-state index contributed by atoms with van der Waals surface area (Å²) in [5.41, 5.74) is 2.97. The van der Waals surface area contributed by atoms with Crippen molar-refractivity contribution < 1.29 is 23.9 Å². The van der Waals surface area contributed by atoms with E-state index in [2.05, 4.69) is 10.3 Å². The van der Waals surface area contributed by atoms with Gasteiger partial charge in [-0.25, -0.2) is 9.78 Å². The Balaban J connectivity index is 1.32. The van der Waals surface area contributed by atoms with Gasteiger partial charge in [0.1, 0.15) is 10.0 Å². The number of aromatic nitrogens is 1. The summed E-state index contributed by atoms with van der Waals surface area (Å²) >= 11 is 2.84. The average Bonchev–Trinajstić information content (AvgIpc) is 3.49. The van der Waals surface area contributed by atoms with Crippen LogP contribution in [0.15, 0.2) is 35.7 Å². The summed E-state index contributed by atoms with van der Waals surface area (Å²) < 4.78 is 10.3. The number of rotatable bonds is 8. The van der Waals surface area contributed by atoms with E-state index in [0.717, 1.165) is 40.3 Å². The van der Waals surface area contributed by atoms with Crippen LogP contribution in [0.25, 0.3) is 10.6 Å². The number of hydrogen-bond donors (Lipinski definition) is 1. The van der Waals surface area contributed by atoms with Crippen LogP contribution in [-0.4, -0.2) is 36.0 Å². The van der Waals surface area contributed by atoms with E-state index in [0.29, 0.717) is 16.3 Å². The molecule has 1 aliphatic carbocycles. The molecule has 1 amide bonds. The average molecular weight is 471 g/mol. The Morgan fingerprint density at radius 3 is 2.72 bits per heavy atom. The number of aryl methyl sites for hydroxylation is 1. The van der Waals surface area contributed by atoms with Gasteiger partial charge in [-0.2, -0.15) is 0 Å². The van der Waals surface area contributed by atoms with Gasteiger partial charge in [-0.05, 0) is 31.7 Å². The van der Waals surface area contributed by atoms with Crippen LogP contribution < -0.4 is 5.32 Å². The molecule has 1 aliphatic rings. The fraction of sp³-hybridized carbons (Fsp3) is 0.304. The molecule has 9 heteroatoms. The van der Waals surface area contributed by atoms with Crippen LogP contribution in [0.5, 0.6) is 0 Å². The molecular weight excluding hydrogens is 448 g/mol. The third-order valence-electron chi connectivity index (χ3n) is 4.92. The fourth-order valence-electron chi connectivity index (χ4n) is 3.52. The van der Waals surface area contributed by atoms with Crippen LogP contribution in [0, 0.1) is 0 Å². The van der Waals surface area contributed by atoms with Gasteiger partial charge in [0.2, 0.25) is 0 Å². The number of benzene rings is 1. The Hall–Kier alpha value is -3.04. The van der Waals surface area contributed by atoms with Gasteiger partial charge in [0.05, 0.1) is 24.3 Å². The molecule has 0 spiro atoms. The van der Waals surface area contributed by atoms with E-state index in [9.17, 15) is 14.4 Å². The smallest absolute Gasteiger partial charge is 0.341 e. The minimum absolute atomic E-state index is 0.0159. The Bertz CT molecular complexity index is 1140. The number of ether oxygens (including phenoxy) is 2. The molecule has 0 fully saturated rings. The van der Waals surface area contributed by atoms with Gasteiger partial charge in [0, 0.05) is 15.8 Å². The highest BCUT2D eigenvalue weighted by Crippen LogP contribution is 2.39. The quantitative estimate of drug-likeness (QED) is 0.494. The molecule has 3 aromatic rings. The molecule has 0 unspecified atom stereocenters. The van der Waals surface area contributed by atoms with Gasteiger partial charge < -0.3 is 14.8 Å². The predicted octanol–water partition coefficient (Wildman–Crippen LogP) is 4.26. The monoisotopic (exact) mass is 470 g/mol. The molecule has 0 bridgehead atoms. The largest absolute Gasteiger partial charge is 0.462 e. The van der Waals surface area contributed by atoms with E-state index >= 15 is 0 Å². The lowest BCUT2D eigenvalue weighted by atomic mass is 10.1. The molecule has 0 radical (unpaired) electrons. The fourth-order valence-corrected chi connectivity index (χ4v) is 5.64. The van der Waals surface area contributed by atoms with E-state index in [1.807, 2.05) is 35.7 Å². The minimum atomic E-state index is -0.538. The normalized spacial score (nSPS) is 12.3. The Morgan fingerprint density at radius 1 is 1.12 bits per heavy atom. The molecule has 2 heterocycles. The highest BCUT2D eigenvalue weighted by atomic mass is 32.1. The first kappa shape index (κ1) is 22.2. The lowest BCUT2D eigenvalue weighted by Crippen LogP contribution is -2.22. The second kappa shape index (κ2) is 10.1. The summed E-state index contributed by atoms with van der Waals surface area (Å²) in [7, 11) is 0. The van der Waals surface area contributed by atoms with E-state index in [1.165, 1.54) is 22.7 Å². The minimum Gasteiger partial charge on any atom is -0.462 e. The van der Waals surface area contributed by atoms with Crippen molar-refractivity contribution in [3.05, 3.63) is 57.4 Å². The number of esters is 2. The second-order valence-electron chi connectivity index (χ2n) is 7.18. The number of thiazole rings is 1. The number of fused-ring (bicyclic) bond motifs is 1. The number of amides is 1. The van der Waals surface area contributed by atoms with Crippen LogP contribution in [0.2, 0.25) is 0 Å². The topological polar surface area (TPSA) is 94.6 Å². The van der Waals surface area contributed by atoms with Crippen LogP contribution in [0.3, 0.4) is 0 Å². The SMILES string of the molecule is CCOC(=O)c1c(NC(=O)COC(=O)Cc2csc(-c3ccccc3)n2)sc2c1CCC2. The van der Waals surface area contributed by atoms with E-state index in [1.54, 1.807) is 6.92 Å². The van der Waals surface area contributed by atoms with E-state index in [4.69, 9.17) is 9.47 Å². The Morgan fingerprint density at radius 2 is 1.94 bits per heavy atom. The molecule has 1 N–H and O–H groups in total. The van der Waals surface area contributed by atoms with Crippen molar-refractivity contribution in [2.24, 2.45) is 0 Å². The number of anilines is 1. The molecular formula is C23H22N2O5S2. The summed E-state index contributed by atoms with van der Waals surface area (Å²) in [6, 6.07) is 9.70. The maximum atomic E-state index is 12.4. The zero-order chi connectivity index (χ0) is 22.5. The molecule has 1 aromatic carbocycles. The highest BCUT2D eigenvalue weighted by Gasteiger charge is 2.28. The van der Waals surface area contributed by atoms with Crippen molar-refractivity contribution in [1.29, 1.82) is 0 Å². The lowest BCUT2D eigenvalue weighted by Gasteiger charge is -2.08. The maximum absolute atomic E-state index is 12.4. The maximum Gasteiger partial charge on any atom is 0.341 e. The van der Waals surface area contributed by atoms with Crippen LogP contribution in [0.1, 0.15) is 39.8 Å². The number of carbonyl (C=O) groups is 3. The van der Waals surface area contributed by atoms with Crippen molar-refractivity contribution in [3.63, 3.8) is 0 Å². The highest BCUT2D eigenvalue weighted by molar-refractivity contribution is 7.17. The van der Waals surface area contributed by atoms with Crippen molar-refractivity contribution in [2.45, 2.75) is 32.6 Å². The van der Waals surface area contributed by atoms with Crippen molar-refractivity contribution in [1.82, 2.24) is 4.98 Å². The molecule has 2 aromatic heterocycles. The summed E-state index contributed by atoms with van der Waals surface area (Å²) in [4.78, 5) is 42.5.